The van der Waals surface area contributed by atoms with E-state index < -0.39 is 0 Å². The molecule has 0 aliphatic rings. The van der Waals surface area contributed by atoms with Gasteiger partial charge < -0.3 is 4.74 Å². The standard InChI is InChI=1S/C12H7BrCl3NO/c13-8-2-3-9(14)10(5-8)18-6-7-1-4-11(15)17-12(7)16/h1-5H,6H2. The maximum Gasteiger partial charge on any atom is 0.139 e. The molecule has 94 valence electrons. The minimum absolute atomic E-state index is 0.277. The lowest BCUT2D eigenvalue weighted by Gasteiger charge is -2.09. The third-order valence-electron chi connectivity index (χ3n) is 2.17. The summed E-state index contributed by atoms with van der Waals surface area (Å²) in [5, 5.41) is 1.22. The average Bonchev–Trinajstić information content (AvgIpc) is 2.32. The van der Waals surface area contributed by atoms with Crippen LogP contribution in [0.3, 0.4) is 0 Å². The lowest BCUT2D eigenvalue weighted by molar-refractivity contribution is 0.306. The molecule has 0 bridgehead atoms. The highest BCUT2D eigenvalue weighted by molar-refractivity contribution is 9.10. The van der Waals surface area contributed by atoms with Crippen molar-refractivity contribution < 1.29 is 4.74 Å². The molecule has 0 saturated carbocycles. The number of hydrogen-bond donors (Lipinski definition) is 0. The van der Waals surface area contributed by atoms with Crippen molar-refractivity contribution in [1.82, 2.24) is 4.98 Å². The van der Waals surface area contributed by atoms with E-state index in [4.69, 9.17) is 39.5 Å². The normalized spacial score (nSPS) is 10.4. The smallest absolute Gasteiger partial charge is 0.139 e. The molecule has 1 heterocycles. The zero-order chi connectivity index (χ0) is 13.1. The fourth-order valence-corrected chi connectivity index (χ4v) is 2.20. The summed E-state index contributed by atoms with van der Waals surface area (Å²) in [5.74, 6) is 0.581. The highest BCUT2D eigenvalue weighted by Gasteiger charge is 2.06. The van der Waals surface area contributed by atoms with Gasteiger partial charge in [-0.25, -0.2) is 4.98 Å². The van der Waals surface area contributed by atoms with E-state index in [0.717, 1.165) is 10.0 Å². The van der Waals surface area contributed by atoms with Crippen molar-refractivity contribution in [2.24, 2.45) is 0 Å². The van der Waals surface area contributed by atoms with Crippen LogP contribution >= 0.6 is 50.7 Å². The Hall–Kier alpha value is -0.480. The zero-order valence-electron chi connectivity index (χ0n) is 8.96. The van der Waals surface area contributed by atoms with Crippen molar-refractivity contribution in [1.29, 1.82) is 0 Å². The molecule has 0 aliphatic heterocycles. The second kappa shape index (κ2) is 6.11. The van der Waals surface area contributed by atoms with Crippen LogP contribution in [0, 0.1) is 0 Å². The van der Waals surface area contributed by atoms with E-state index in [-0.39, 0.29) is 6.61 Å². The van der Waals surface area contributed by atoms with Gasteiger partial charge in [-0.1, -0.05) is 50.7 Å². The van der Waals surface area contributed by atoms with Gasteiger partial charge in [0.15, 0.2) is 0 Å². The van der Waals surface area contributed by atoms with Crippen molar-refractivity contribution in [3.8, 4) is 5.75 Å². The summed E-state index contributed by atoms with van der Waals surface area (Å²) in [7, 11) is 0. The second-order valence-electron chi connectivity index (χ2n) is 3.45. The molecule has 2 nitrogen and oxygen atoms in total. The van der Waals surface area contributed by atoms with Crippen LogP contribution in [-0.2, 0) is 6.61 Å². The minimum Gasteiger partial charge on any atom is -0.487 e. The molecule has 0 aliphatic carbocycles. The van der Waals surface area contributed by atoms with Crippen molar-refractivity contribution in [2.45, 2.75) is 6.61 Å². The average molecular weight is 367 g/mol. The Labute approximate surface area is 128 Å². The maximum absolute atomic E-state index is 6.01. The lowest BCUT2D eigenvalue weighted by atomic mass is 10.3. The molecule has 0 atom stereocenters. The number of rotatable bonds is 3. The number of pyridine rings is 1. The highest BCUT2D eigenvalue weighted by atomic mass is 79.9. The van der Waals surface area contributed by atoms with Crippen LogP contribution < -0.4 is 4.74 Å². The molecule has 1 aromatic heterocycles. The summed E-state index contributed by atoms with van der Waals surface area (Å²) < 4.78 is 6.49. The van der Waals surface area contributed by atoms with E-state index in [1.807, 2.05) is 6.07 Å². The maximum atomic E-state index is 6.01. The number of benzene rings is 1. The lowest BCUT2D eigenvalue weighted by Crippen LogP contribution is -1.98. The van der Waals surface area contributed by atoms with Crippen LogP contribution in [-0.4, -0.2) is 4.98 Å². The first kappa shape index (κ1) is 13.9. The summed E-state index contributed by atoms with van der Waals surface area (Å²) in [4.78, 5) is 3.93. The molecular weight excluding hydrogens is 360 g/mol. The Morgan fingerprint density at radius 3 is 2.61 bits per heavy atom. The summed E-state index contributed by atoms with van der Waals surface area (Å²) in [6.45, 7) is 0.277. The molecule has 0 saturated heterocycles. The van der Waals surface area contributed by atoms with Crippen LogP contribution in [0.4, 0.5) is 0 Å². The SMILES string of the molecule is Clc1ccc(COc2cc(Br)ccc2Cl)c(Cl)n1. The van der Waals surface area contributed by atoms with E-state index in [1.165, 1.54) is 0 Å². The van der Waals surface area contributed by atoms with Crippen LogP contribution in [0.2, 0.25) is 15.3 Å². The second-order valence-corrected chi connectivity index (χ2v) is 5.52. The molecule has 0 N–H and O–H groups in total. The Morgan fingerprint density at radius 1 is 1.11 bits per heavy atom. The number of aromatic nitrogens is 1. The molecule has 0 unspecified atom stereocenters. The number of hydrogen-bond acceptors (Lipinski definition) is 2. The number of nitrogens with zero attached hydrogens (tertiary/aromatic N) is 1. The summed E-state index contributed by atoms with van der Waals surface area (Å²) in [5.41, 5.74) is 0.747. The first-order valence-corrected chi connectivity index (χ1v) is 6.88. The van der Waals surface area contributed by atoms with Gasteiger partial charge >= 0.3 is 0 Å². The summed E-state index contributed by atoms with van der Waals surface area (Å²) in [6.07, 6.45) is 0. The third kappa shape index (κ3) is 3.51. The van der Waals surface area contributed by atoms with Gasteiger partial charge in [-0.05, 0) is 30.3 Å². The van der Waals surface area contributed by atoms with E-state index >= 15 is 0 Å². The fraction of sp³-hybridized carbons (Fsp3) is 0.0833. The van der Waals surface area contributed by atoms with Gasteiger partial charge in [0.25, 0.3) is 0 Å². The minimum atomic E-state index is 0.277. The van der Waals surface area contributed by atoms with E-state index in [1.54, 1.807) is 24.3 Å². The molecule has 0 fully saturated rings. The predicted molar refractivity (Wildman–Crippen MR) is 77.7 cm³/mol. The molecule has 2 rings (SSSR count). The first-order valence-electron chi connectivity index (χ1n) is 4.95. The molecule has 6 heteroatoms. The topological polar surface area (TPSA) is 22.1 Å². The molecule has 0 radical (unpaired) electrons. The van der Waals surface area contributed by atoms with Crippen molar-refractivity contribution >= 4 is 50.7 Å². The van der Waals surface area contributed by atoms with Crippen molar-refractivity contribution in [3.05, 3.63) is 55.7 Å². The van der Waals surface area contributed by atoms with Crippen LogP contribution in [0.1, 0.15) is 5.56 Å². The summed E-state index contributed by atoms with van der Waals surface area (Å²) in [6, 6.07) is 8.81. The highest BCUT2D eigenvalue weighted by Crippen LogP contribution is 2.29. The zero-order valence-corrected chi connectivity index (χ0v) is 12.8. The Bertz CT molecular complexity index is 577. The van der Waals surface area contributed by atoms with Gasteiger partial charge in [0.2, 0.25) is 0 Å². The first-order chi connectivity index (χ1) is 8.56. The third-order valence-corrected chi connectivity index (χ3v) is 3.51. The van der Waals surface area contributed by atoms with Crippen molar-refractivity contribution in [2.75, 3.05) is 0 Å². The quantitative estimate of drug-likeness (QED) is 0.679. The molecule has 0 spiro atoms. The molecule has 1 aromatic carbocycles. The van der Waals surface area contributed by atoms with Crippen LogP contribution in [0.5, 0.6) is 5.75 Å². The van der Waals surface area contributed by atoms with Crippen LogP contribution in [0.25, 0.3) is 0 Å². The Balaban J connectivity index is 2.13. The van der Waals surface area contributed by atoms with Gasteiger partial charge in [0.1, 0.15) is 22.7 Å². The Kier molecular flexibility index (Phi) is 4.73. The van der Waals surface area contributed by atoms with E-state index in [0.29, 0.717) is 21.1 Å². The van der Waals surface area contributed by atoms with Gasteiger partial charge in [-0.3, -0.25) is 0 Å². The van der Waals surface area contributed by atoms with E-state index in [9.17, 15) is 0 Å². The monoisotopic (exact) mass is 365 g/mol. The molecule has 18 heavy (non-hydrogen) atoms. The molecule has 2 aromatic rings. The van der Waals surface area contributed by atoms with Gasteiger partial charge in [-0.2, -0.15) is 0 Å². The molecule has 0 amide bonds. The van der Waals surface area contributed by atoms with Gasteiger partial charge in [-0.15, -0.1) is 0 Å². The number of halogens is 4. The predicted octanol–water partition coefficient (Wildman–Crippen LogP) is 5.38. The Morgan fingerprint density at radius 2 is 1.89 bits per heavy atom. The van der Waals surface area contributed by atoms with Crippen molar-refractivity contribution in [3.63, 3.8) is 0 Å². The largest absolute Gasteiger partial charge is 0.487 e. The summed E-state index contributed by atoms with van der Waals surface area (Å²) >= 11 is 21.0. The van der Waals surface area contributed by atoms with E-state index in [2.05, 4.69) is 20.9 Å². The fourth-order valence-electron chi connectivity index (χ4n) is 1.29. The number of ether oxygens (including phenoxy) is 1. The van der Waals surface area contributed by atoms with Crippen LogP contribution in [0.15, 0.2) is 34.8 Å². The molecular formula is C12H7BrCl3NO. The van der Waals surface area contributed by atoms with Gasteiger partial charge in [0.05, 0.1) is 5.02 Å². The van der Waals surface area contributed by atoms with Gasteiger partial charge in [0, 0.05) is 10.0 Å².